The van der Waals surface area contributed by atoms with Crippen molar-refractivity contribution >= 4 is 17.5 Å². The largest absolute Gasteiger partial charge is 0.480 e. The van der Waals surface area contributed by atoms with Crippen LogP contribution in [0.2, 0.25) is 0 Å². The van der Waals surface area contributed by atoms with Crippen molar-refractivity contribution in [2.45, 2.75) is 45.3 Å². The fraction of sp³-hybridized carbons (Fsp3) is 0.391. The van der Waals surface area contributed by atoms with Crippen molar-refractivity contribution in [3.63, 3.8) is 0 Å². The predicted molar refractivity (Wildman–Crippen MR) is 112 cm³/mol. The van der Waals surface area contributed by atoms with Gasteiger partial charge in [-0.05, 0) is 49.9 Å². The summed E-state index contributed by atoms with van der Waals surface area (Å²) in [6, 6.07) is 14.6. The van der Waals surface area contributed by atoms with Crippen LogP contribution < -0.4 is 15.4 Å². The Morgan fingerprint density at radius 3 is 2.66 bits per heavy atom. The Morgan fingerprint density at radius 1 is 1.17 bits per heavy atom. The third-order valence-corrected chi connectivity index (χ3v) is 4.97. The summed E-state index contributed by atoms with van der Waals surface area (Å²) in [4.78, 5) is 25.4. The summed E-state index contributed by atoms with van der Waals surface area (Å²) >= 11 is 0. The second kappa shape index (κ2) is 10.1. The van der Waals surface area contributed by atoms with Gasteiger partial charge in [0.1, 0.15) is 5.75 Å². The Bertz CT molecular complexity index is 846. The summed E-state index contributed by atoms with van der Waals surface area (Å²) in [5.41, 5.74) is 1.85. The number of aryl methyl sites for hydroxylation is 1. The van der Waals surface area contributed by atoms with Crippen LogP contribution in [-0.2, 0) is 9.53 Å². The number of amides is 2. The molecule has 1 heterocycles. The number of hydrogen-bond donors (Lipinski definition) is 2. The van der Waals surface area contributed by atoms with Crippen molar-refractivity contribution in [2.75, 3.05) is 18.5 Å². The molecule has 154 valence electrons. The molecule has 2 aromatic rings. The minimum absolute atomic E-state index is 0.0627. The van der Waals surface area contributed by atoms with E-state index in [-0.39, 0.29) is 17.9 Å². The Labute approximate surface area is 171 Å². The highest BCUT2D eigenvalue weighted by Gasteiger charge is 2.22. The molecule has 3 rings (SSSR count). The quantitative estimate of drug-likeness (QED) is 0.713. The highest BCUT2D eigenvalue weighted by Crippen LogP contribution is 2.21. The maximum Gasteiger partial charge on any atom is 0.265 e. The van der Waals surface area contributed by atoms with Crippen molar-refractivity contribution in [3.8, 4) is 5.75 Å². The molecule has 0 aliphatic carbocycles. The lowest BCUT2D eigenvalue weighted by Gasteiger charge is -2.19. The van der Waals surface area contributed by atoms with Gasteiger partial charge in [-0.25, -0.2) is 0 Å². The van der Waals surface area contributed by atoms with E-state index in [9.17, 15) is 9.59 Å². The van der Waals surface area contributed by atoms with Crippen molar-refractivity contribution in [2.24, 2.45) is 0 Å². The number of carbonyl (C=O) groups is 2. The van der Waals surface area contributed by atoms with E-state index in [2.05, 4.69) is 10.6 Å². The predicted octanol–water partition coefficient (Wildman–Crippen LogP) is 3.70. The highest BCUT2D eigenvalue weighted by atomic mass is 16.5. The van der Waals surface area contributed by atoms with Gasteiger partial charge >= 0.3 is 0 Å². The molecule has 1 saturated heterocycles. The standard InChI is InChI=1S/C23H28N2O4/c1-3-20(29-21-13-7-4-9-16(21)2)23(27)25-19-12-6-5-11-18(19)22(26)24-15-17-10-8-14-28-17/h4-7,9,11-13,17,20H,3,8,10,14-15H2,1-2H3,(H,24,26)(H,25,27)/t17-,20-/m0/s1. The molecule has 0 radical (unpaired) electrons. The maximum absolute atomic E-state index is 12.8. The number of hydrogen-bond acceptors (Lipinski definition) is 4. The first-order valence-corrected chi connectivity index (χ1v) is 10.1. The zero-order valence-corrected chi connectivity index (χ0v) is 16.9. The summed E-state index contributed by atoms with van der Waals surface area (Å²) in [6.07, 6.45) is 1.89. The minimum atomic E-state index is -0.654. The van der Waals surface area contributed by atoms with Crippen LogP contribution in [0, 0.1) is 6.92 Å². The summed E-state index contributed by atoms with van der Waals surface area (Å²) in [5.74, 6) is 0.163. The Hall–Kier alpha value is -2.86. The zero-order chi connectivity index (χ0) is 20.6. The molecule has 1 aliphatic heterocycles. The van der Waals surface area contributed by atoms with E-state index in [1.807, 2.05) is 38.1 Å². The lowest BCUT2D eigenvalue weighted by Crippen LogP contribution is -2.35. The molecule has 0 bridgehead atoms. The number of para-hydroxylation sites is 2. The van der Waals surface area contributed by atoms with Crippen LogP contribution >= 0.6 is 0 Å². The molecule has 2 atom stereocenters. The molecule has 1 fully saturated rings. The van der Waals surface area contributed by atoms with Crippen molar-refractivity contribution in [3.05, 3.63) is 59.7 Å². The number of carbonyl (C=O) groups excluding carboxylic acids is 2. The summed E-state index contributed by atoms with van der Waals surface area (Å²) in [6.45, 7) is 5.04. The van der Waals surface area contributed by atoms with Gasteiger partial charge in [-0.2, -0.15) is 0 Å². The van der Waals surface area contributed by atoms with E-state index < -0.39 is 6.10 Å². The molecule has 29 heavy (non-hydrogen) atoms. The number of benzene rings is 2. The number of rotatable bonds is 8. The van der Waals surface area contributed by atoms with Crippen LogP contribution in [0.25, 0.3) is 0 Å². The van der Waals surface area contributed by atoms with Crippen LogP contribution in [0.5, 0.6) is 5.75 Å². The van der Waals surface area contributed by atoms with Crippen LogP contribution in [0.4, 0.5) is 5.69 Å². The molecule has 0 unspecified atom stereocenters. The lowest BCUT2D eigenvalue weighted by molar-refractivity contribution is -0.122. The van der Waals surface area contributed by atoms with E-state index in [0.29, 0.717) is 30.0 Å². The van der Waals surface area contributed by atoms with E-state index >= 15 is 0 Å². The second-order valence-corrected chi connectivity index (χ2v) is 7.16. The monoisotopic (exact) mass is 396 g/mol. The maximum atomic E-state index is 12.8. The highest BCUT2D eigenvalue weighted by molar-refractivity contribution is 6.04. The van der Waals surface area contributed by atoms with E-state index in [1.165, 1.54) is 0 Å². The van der Waals surface area contributed by atoms with Gasteiger partial charge < -0.3 is 20.1 Å². The molecule has 0 spiro atoms. The molecule has 2 N–H and O–H groups in total. The van der Waals surface area contributed by atoms with E-state index in [1.54, 1.807) is 24.3 Å². The first kappa shape index (κ1) is 20.9. The van der Waals surface area contributed by atoms with Crippen molar-refractivity contribution in [1.29, 1.82) is 0 Å². The minimum Gasteiger partial charge on any atom is -0.480 e. The Balaban J connectivity index is 1.66. The number of nitrogens with one attached hydrogen (secondary N) is 2. The Kier molecular flexibility index (Phi) is 7.25. The second-order valence-electron chi connectivity index (χ2n) is 7.16. The van der Waals surface area contributed by atoms with Gasteiger partial charge in [-0.15, -0.1) is 0 Å². The molecule has 1 aliphatic rings. The number of anilines is 1. The van der Waals surface area contributed by atoms with Crippen LogP contribution in [0.15, 0.2) is 48.5 Å². The summed E-state index contributed by atoms with van der Waals surface area (Å²) in [5, 5.41) is 5.75. The first-order chi connectivity index (χ1) is 14.1. The van der Waals surface area contributed by atoms with Gasteiger partial charge in [0.05, 0.1) is 17.4 Å². The molecule has 6 nitrogen and oxygen atoms in total. The fourth-order valence-electron chi connectivity index (χ4n) is 3.27. The molecule has 6 heteroatoms. The van der Waals surface area contributed by atoms with Gasteiger partial charge in [0, 0.05) is 13.2 Å². The summed E-state index contributed by atoms with van der Waals surface area (Å²) in [7, 11) is 0. The molecule has 2 amide bonds. The number of ether oxygens (including phenoxy) is 2. The Morgan fingerprint density at radius 2 is 1.93 bits per heavy atom. The van der Waals surface area contributed by atoms with Gasteiger partial charge in [0.15, 0.2) is 6.10 Å². The van der Waals surface area contributed by atoms with Crippen LogP contribution in [-0.4, -0.2) is 37.2 Å². The van der Waals surface area contributed by atoms with Gasteiger partial charge in [-0.1, -0.05) is 37.3 Å². The average molecular weight is 396 g/mol. The first-order valence-electron chi connectivity index (χ1n) is 10.1. The summed E-state index contributed by atoms with van der Waals surface area (Å²) < 4.78 is 11.5. The third kappa shape index (κ3) is 5.57. The molecular weight excluding hydrogens is 368 g/mol. The molecule has 2 aromatic carbocycles. The van der Waals surface area contributed by atoms with Crippen LogP contribution in [0.3, 0.4) is 0 Å². The fourth-order valence-corrected chi connectivity index (χ4v) is 3.27. The van der Waals surface area contributed by atoms with Crippen LogP contribution in [0.1, 0.15) is 42.1 Å². The molecule has 0 saturated carbocycles. The van der Waals surface area contributed by atoms with Gasteiger partial charge in [-0.3, -0.25) is 9.59 Å². The van der Waals surface area contributed by atoms with Gasteiger partial charge in [0.2, 0.25) is 0 Å². The van der Waals surface area contributed by atoms with Crippen molar-refractivity contribution in [1.82, 2.24) is 5.32 Å². The van der Waals surface area contributed by atoms with E-state index in [0.717, 1.165) is 25.0 Å². The lowest BCUT2D eigenvalue weighted by atomic mass is 10.1. The van der Waals surface area contributed by atoms with E-state index in [4.69, 9.17) is 9.47 Å². The molecular formula is C23H28N2O4. The van der Waals surface area contributed by atoms with Gasteiger partial charge in [0.25, 0.3) is 11.8 Å². The SMILES string of the molecule is CC[C@H](Oc1ccccc1C)C(=O)Nc1ccccc1C(=O)NC[C@@H]1CCCO1. The normalized spacial score (nSPS) is 16.8. The topological polar surface area (TPSA) is 76.7 Å². The average Bonchev–Trinajstić information content (AvgIpc) is 3.25. The third-order valence-electron chi connectivity index (χ3n) is 4.97. The smallest absolute Gasteiger partial charge is 0.265 e. The zero-order valence-electron chi connectivity index (χ0n) is 16.9. The van der Waals surface area contributed by atoms with Crippen molar-refractivity contribution < 1.29 is 19.1 Å². The molecule has 0 aromatic heterocycles.